The third kappa shape index (κ3) is 7.29. The van der Waals surface area contributed by atoms with Gasteiger partial charge in [-0.3, -0.25) is 19.4 Å². The van der Waals surface area contributed by atoms with Crippen molar-refractivity contribution in [3.05, 3.63) is 37.1 Å². The van der Waals surface area contributed by atoms with Crippen molar-refractivity contribution in [3.63, 3.8) is 0 Å². The summed E-state index contributed by atoms with van der Waals surface area (Å²) in [6, 6.07) is 3.14. The fraction of sp³-hybridized carbons (Fsp3) is 0.667. The second-order valence-corrected chi connectivity index (χ2v) is 14.0. The molecule has 2 fully saturated rings. The Balaban J connectivity index is 1.60. The van der Waals surface area contributed by atoms with E-state index >= 15 is 0 Å². The number of ether oxygens (including phenoxy) is 3. The molecule has 1 amide bonds. The summed E-state index contributed by atoms with van der Waals surface area (Å²) in [5.41, 5.74) is -0.344. The zero-order valence-electron chi connectivity index (χ0n) is 29.4. The number of imidazole rings is 1. The van der Waals surface area contributed by atoms with Crippen molar-refractivity contribution >= 4 is 23.6 Å². The van der Waals surface area contributed by atoms with E-state index in [9.17, 15) is 19.2 Å². The highest BCUT2D eigenvalue weighted by Crippen LogP contribution is 2.43. The number of esters is 1. The first-order chi connectivity index (χ1) is 22.2. The smallest absolute Gasteiger partial charge is 0.410 e. The van der Waals surface area contributed by atoms with Crippen molar-refractivity contribution in [2.75, 3.05) is 13.7 Å². The van der Waals surface area contributed by atoms with Crippen molar-refractivity contribution in [1.82, 2.24) is 19.4 Å². The molecule has 0 spiro atoms. The lowest BCUT2D eigenvalue weighted by molar-refractivity contribution is -0.172. The van der Waals surface area contributed by atoms with Crippen molar-refractivity contribution in [2.24, 2.45) is 29.6 Å². The van der Waals surface area contributed by atoms with Gasteiger partial charge >= 0.3 is 12.1 Å². The molecule has 0 saturated carbocycles. The molecular weight excluding hydrogens is 600 g/mol. The minimum absolute atomic E-state index is 0.0352. The third-order valence-corrected chi connectivity index (χ3v) is 10.9. The topological polar surface area (TPSA) is 130 Å². The van der Waals surface area contributed by atoms with Gasteiger partial charge in [-0.15, -0.1) is 0 Å². The predicted molar refractivity (Wildman–Crippen MR) is 176 cm³/mol. The molecule has 0 aromatic carbocycles. The number of aromatic nitrogens is 3. The molecule has 2 aliphatic heterocycles. The summed E-state index contributed by atoms with van der Waals surface area (Å²) in [4.78, 5) is 65.1. The molecule has 258 valence electrons. The summed E-state index contributed by atoms with van der Waals surface area (Å²) >= 11 is 0. The Morgan fingerprint density at radius 1 is 1.00 bits per heavy atom. The van der Waals surface area contributed by atoms with Crippen LogP contribution in [0.3, 0.4) is 0 Å². The fourth-order valence-electron chi connectivity index (χ4n) is 7.61. The molecular formula is C36H52N4O7. The molecule has 1 unspecified atom stereocenters. The van der Waals surface area contributed by atoms with Gasteiger partial charge in [-0.2, -0.15) is 0 Å². The van der Waals surface area contributed by atoms with Gasteiger partial charge in [0.15, 0.2) is 5.60 Å². The first-order valence-electron chi connectivity index (χ1n) is 16.9. The molecule has 4 heterocycles. The fourth-order valence-corrected chi connectivity index (χ4v) is 7.61. The third-order valence-electron chi connectivity index (χ3n) is 10.9. The Hall–Kier alpha value is -3.60. The zero-order valence-corrected chi connectivity index (χ0v) is 29.4. The number of fused-ring (bicyclic) bond motifs is 1. The SMILES string of the molecule is CC[C@H]1OC(=O)C(C)C(=O)[C@H](C)[C@@H](C)[C@](C)(OC)C[C@@H](C)C(=O)[C@H](C)[C@H]2N(CCCCn3cnc(-c4cccnc4)c3)C(=O)O[C@]12C. The number of Topliss-reactive ketones (excluding diaryl/α,β-unsaturated/α-hetero) is 2. The molecule has 2 aliphatic rings. The van der Waals surface area contributed by atoms with Crippen molar-refractivity contribution in [2.45, 2.75) is 111 Å². The molecule has 2 aromatic rings. The summed E-state index contributed by atoms with van der Waals surface area (Å²) in [6.45, 7) is 15.6. The lowest BCUT2D eigenvalue weighted by atomic mass is 9.70. The number of unbranched alkanes of at least 4 members (excludes halogenated alkanes) is 1. The standard InChI is InChI=1S/C36H52N4O7/c1-10-29-36(8)32(40(34(44)47-36)17-12-11-16-39-20-28(38-21-39)27-14-13-15-37-19-27)24(4)30(41)22(2)18-35(7,45-9)26(6)23(3)31(42)25(5)33(43)46-29/h13-15,19-26,29,32H,10-12,16-18H2,1-9H3/t22-,23-,24+,25?,26-,29-,32-,35-,36-/m1/s1. The molecule has 0 bridgehead atoms. The number of rotatable bonds is 8. The van der Waals surface area contributed by atoms with Gasteiger partial charge in [-0.1, -0.05) is 34.6 Å². The quantitative estimate of drug-likeness (QED) is 0.199. The normalized spacial score (nSPS) is 34.1. The van der Waals surface area contributed by atoms with Crippen LogP contribution in [0.5, 0.6) is 0 Å². The lowest BCUT2D eigenvalue weighted by Crippen LogP contribution is -2.58. The molecule has 2 saturated heterocycles. The van der Waals surface area contributed by atoms with Crippen LogP contribution in [0.1, 0.15) is 81.1 Å². The van der Waals surface area contributed by atoms with Crippen LogP contribution >= 0.6 is 0 Å². The van der Waals surface area contributed by atoms with Crippen LogP contribution in [0.25, 0.3) is 11.3 Å². The molecule has 0 radical (unpaired) electrons. The first-order valence-corrected chi connectivity index (χ1v) is 16.9. The maximum atomic E-state index is 14.2. The van der Waals surface area contributed by atoms with E-state index in [-0.39, 0.29) is 17.5 Å². The predicted octanol–water partition coefficient (Wildman–Crippen LogP) is 5.75. The van der Waals surface area contributed by atoms with E-state index in [0.717, 1.165) is 17.7 Å². The molecule has 4 rings (SSSR count). The number of amides is 1. The summed E-state index contributed by atoms with van der Waals surface area (Å²) in [5, 5.41) is 0. The highest BCUT2D eigenvalue weighted by atomic mass is 16.6. The molecule has 11 nitrogen and oxygen atoms in total. The van der Waals surface area contributed by atoms with Gasteiger partial charge in [0.1, 0.15) is 23.6 Å². The zero-order chi connectivity index (χ0) is 34.7. The molecule has 47 heavy (non-hydrogen) atoms. The van der Waals surface area contributed by atoms with E-state index in [4.69, 9.17) is 14.2 Å². The summed E-state index contributed by atoms with van der Waals surface area (Å²) < 4.78 is 20.1. The van der Waals surface area contributed by atoms with Gasteiger partial charge in [-0.25, -0.2) is 9.78 Å². The number of hydrogen-bond donors (Lipinski definition) is 0. The van der Waals surface area contributed by atoms with E-state index in [2.05, 4.69) is 9.97 Å². The second-order valence-electron chi connectivity index (χ2n) is 14.0. The largest absolute Gasteiger partial charge is 0.458 e. The number of cyclic esters (lactones) is 1. The van der Waals surface area contributed by atoms with Crippen LogP contribution in [0.4, 0.5) is 4.79 Å². The summed E-state index contributed by atoms with van der Waals surface area (Å²) in [7, 11) is 1.59. The summed E-state index contributed by atoms with van der Waals surface area (Å²) in [6.07, 6.45) is 7.97. The minimum atomic E-state index is -1.31. The number of carbonyl (C=O) groups excluding carboxylic acids is 4. The van der Waals surface area contributed by atoms with E-state index in [0.29, 0.717) is 32.4 Å². The number of methoxy groups -OCH3 is 1. The van der Waals surface area contributed by atoms with Gasteiger partial charge < -0.3 is 23.7 Å². The minimum Gasteiger partial charge on any atom is -0.458 e. The number of pyridine rings is 1. The molecule has 9 atom stereocenters. The van der Waals surface area contributed by atoms with Crippen molar-refractivity contribution in [3.8, 4) is 11.3 Å². The summed E-state index contributed by atoms with van der Waals surface area (Å²) in [5.74, 6) is -3.81. The van der Waals surface area contributed by atoms with E-state index < -0.39 is 59.1 Å². The average molecular weight is 653 g/mol. The Morgan fingerprint density at radius 3 is 2.34 bits per heavy atom. The van der Waals surface area contributed by atoms with Gasteiger partial charge in [-0.05, 0) is 64.5 Å². The molecule has 0 aliphatic carbocycles. The lowest BCUT2D eigenvalue weighted by Gasteiger charge is -2.43. The Morgan fingerprint density at radius 2 is 1.70 bits per heavy atom. The second kappa shape index (κ2) is 14.7. The molecule has 2 aromatic heterocycles. The van der Waals surface area contributed by atoms with E-state index in [1.54, 1.807) is 51.5 Å². The first kappa shape index (κ1) is 36.2. The van der Waals surface area contributed by atoms with Crippen molar-refractivity contribution in [1.29, 1.82) is 0 Å². The maximum Gasteiger partial charge on any atom is 0.410 e. The highest BCUT2D eigenvalue weighted by Gasteiger charge is 2.60. The Bertz CT molecular complexity index is 1430. The van der Waals surface area contributed by atoms with Crippen LogP contribution < -0.4 is 0 Å². The number of aryl methyl sites for hydroxylation is 1. The van der Waals surface area contributed by atoms with Crippen LogP contribution in [-0.4, -0.2) is 80.1 Å². The van der Waals surface area contributed by atoms with Gasteiger partial charge in [0.25, 0.3) is 0 Å². The van der Waals surface area contributed by atoms with Crippen LogP contribution in [-0.2, 0) is 35.1 Å². The number of nitrogens with zero attached hydrogens (tertiary/aromatic N) is 4. The average Bonchev–Trinajstić information content (AvgIpc) is 3.64. The van der Waals surface area contributed by atoms with Gasteiger partial charge in [0, 0.05) is 62.1 Å². The van der Waals surface area contributed by atoms with Gasteiger partial charge in [0.05, 0.1) is 23.7 Å². The van der Waals surface area contributed by atoms with Crippen LogP contribution in [0, 0.1) is 29.6 Å². The van der Waals surface area contributed by atoms with Crippen molar-refractivity contribution < 1.29 is 33.4 Å². The number of carbonyl (C=O) groups is 4. The number of hydrogen-bond acceptors (Lipinski definition) is 9. The number of ketones is 2. The van der Waals surface area contributed by atoms with Crippen LogP contribution in [0.2, 0.25) is 0 Å². The maximum absolute atomic E-state index is 14.2. The monoisotopic (exact) mass is 652 g/mol. The van der Waals surface area contributed by atoms with Crippen LogP contribution in [0.15, 0.2) is 37.1 Å². The Labute approximate surface area is 278 Å². The van der Waals surface area contributed by atoms with E-state index in [1.807, 2.05) is 57.5 Å². The highest BCUT2D eigenvalue weighted by molar-refractivity contribution is 6.00. The molecule has 0 N–H and O–H groups in total. The Kier molecular flexibility index (Phi) is 11.3. The van der Waals surface area contributed by atoms with Gasteiger partial charge in [0.2, 0.25) is 0 Å². The van der Waals surface area contributed by atoms with E-state index in [1.165, 1.54) is 0 Å². The molecule has 11 heteroatoms.